The number of hydrogen-bond acceptors (Lipinski definition) is 6. The monoisotopic (exact) mass is 289 g/mol. The Morgan fingerprint density at radius 3 is 2.81 bits per heavy atom. The van der Waals surface area contributed by atoms with Crippen LogP contribution in [0, 0.1) is 0 Å². The summed E-state index contributed by atoms with van der Waals surface area (Å²) in [6.07, 6.45) is -0.352. The van der Waals surface area contributed by atoms with E-state index in [0.29, 0.717) is 24.1 Å². The molecule has 0 radical (unpaired) electrons. The quantitative estimate of drug-likeness (QED) is 0.932. The molecule has 1 N–H and O–H groups in total. The lowest BCUT2D eigenvalue weighted by Gasteiger charge is -2.24. The van der Waals surface area contributed by atoms with Crippen LogP contribution in [-0.2, 0) is 5.54 Å². The predicted octanol–water partition coefficient (Wildman–Crippen LogP) is 2.43. The Bertz CT molecular complexity index is 624. The van der Waals surface area contributed by atoms with Crippen LogP contribution in [0.25, 0.3) is 0 Å². The van der Waals surface area contributed by atoms with Gasteiger partial charge in [-0.3, -0.25) is 0 Å². The summed E-state index contributed by atoms with van der Waals surface area (Å²) >= 11 is 0. The molecular formula is C15H19N3O3. The first kappa shape index (κ1) is 13.9. The Hall–Kier alpha value is -2.08. The van der Waals surface area contributed by atoms with Gasteiger partial charge >= 0.3 is 0 Å². The van der Waals surface area contributed by atoms with Gasteiger partial charge < -0.3 is 19.3 Å². The van der Waals surface area contributed by atoms with Crippen LogP contribution in [0.1, 0.15) is 38.6 Å². The molecule has 6 nitrogen and oxygen atoms in total. The normalized spacial score (nSPS) is 17.8. The van der Waals surface area contributed by atoms with E-state index in [0.717, 1.165) is 12.3 Å². The average Bonchev–Trinajstić information content (AvgIpc) is 2.97. The molecule has 0 bridgehead atoms. The van der Waals surface area contributed by atoms with Crippen LogP contribution in [0.5, 0.6) is 11.5 Å². The van der Waals surface area contributed by atoms with Crippen LogP contribution in [-0.4, -0.2) is 23.3 Å². The van der Waals surface area contributed by atoms with Gasteiger partial charge in [-0.2, -0.15) is 4.98 Å². The van der Waals surface area contributed by atoms with Crippen molar-refractivity contribution in [2.75, 3.05) is 13.2 Å². The van der Waals surface area contributed by atoms with E-state index in [2.05, 4.69) is 15.5 Å². The average molecular weight is 289 g/mol. The topological polar surface area (TPSA) is 69.4 Å². The van der Waals surface area contributed by atoms with Gasteiger partial charge in [0.25, 0.3) is 0 Å². The van der Waals surface area contributed by atoms with Gasteiger partial charge in [-0.15, -0.1) is 0 Å². The molecular weight excluding hydrogens is 270 g/mol. The van der Waals surface area contributed by atoms with Crippen molar-refractivity contribution in [3.05, 3.63) is 36.0 Å². The number of para-hydroxylation sites is 2. The molecule has 1 aliphatic heterocycles. The predicted molar refractivity (Wildman–Crippen MR) is 76.3 cm³/mol. The molecule has 0 amide bonds. The van der Waals surface area contributed by atoms with E-state index in [-0.39, 0.29) is 11.6 Å². The summed E-state index contributed by atoms with van der Waals surface area (Å²) in [5.74, 6) is 2.49. The highest BCUT2D eigenvalue weighted by Gasteiger charge is 2.31. The minimum Gasteiger partial charge on any atom is -0.485 e. The van der Waals surface area contributed by atoms with Crippen molar-refractivity contribution in [3.63, 3.8) is 0 Å². The smallest absolute Gasteiger partial charge is 0.246 e. The van der Waals surface area contributed by atoms with Crippen LogP contribution in [0.4, 0.5) is 0 Å². The summed E-state index contributed by atoms with van der Waals surface area (Å²) < 4.78 is 16.9. The summed E-state index contributed by atoms with van der Waals surface area (Å²) in [6.45, 7) is 7.23. The number of ether oxygens (including phenoxy) is 2. The van der Waals surface area contributed by atoms with Crippen molar-refractivity contribution in [2.45, 2.75) is 32.4 Å². The molecule has 21 heavy (non-hydrogen) atoms. The van der Waals surface area contributed by atoms with Crippen molar-refractivity contribution >= 4 is 0 Å². The summed E-state index contributed by atoms with van der Waals surface area (Å²) in [5.41, 5.74) is -0.368. The SMILES string of the molecule is CCNC(C)(C)c1nc(C2COc3ccccc3O2)no1. The van der Waals surface area contributed by atoms with E-state index in [9.17, 15) is 0 Å². The Balaban J connectivity index is 1.79. The fourth-order valence-electron chi connectivity index (χ4n) is 2.28. The van der Waals surface area contributed by atoms with Crippen LogP contribution in [0.2, 0.25) is 0 Å². The minimum absolute atomic E-state index is 0.352. The van der Waals surface area contributed by atoms with Crippen molar-refractivity contribution in [2.24, 2.45) is 0 Å². The number of nitrogens with zero attached hydrogens (tertiary/aromatic N) is 2. The third-order valence-corrected chi connectivity index (χ3v) is 3.39. The highest BCUT2D eigenvalue weighted by atomic mass is 16.6. The number of fused-ring (bicyclic) bond motifs is 1. The standard InChI is InChI=1S/C15H19N3O3/c1-4-16-15(2,3)14-17-13(18-21-14)12-9-19-10-7-5-6-8-11(10)20-12/h5-8,12,16H,4,9H2,1-3H3. The molecule has 1 atom stereocenters. The second kappa shape index (κ2) is 5.37. The van der Waals surface area contributed by atoms with Crippen LogP contribution < -0.4 is 14.8 Å². The molecule has 0 aliphatic carbocycles. The van der Waals surface area contributed by atoms with E-state index >= 15 is 0 Å². The van der Waals surface area contributed by atoms with E-state index in [1.807, 2.05) is 45.0 Å². The summed E-state index contributed by atoms with van der Waals surface area (Å²) in [4.78, 5) is 4.45. The summed E-state index contributed by atoms with van der Waals surface area (Å²) in [5, 5.41) is 7.33. The maximum Gasteiger partial charge on any atom is 0.246 e. The highest BCUT2D eigenvalue weighted by molar-refractivity contribution is 5.40. The lowest BCUT2D eigenvalue weighted by molar-refractivity contribution is 0.0832. The van der Waals surface area contributed by atoms with Gasteiger partial charge in [-0.05, 0) is 32.5 Å². The molecule has 2 aromatic rings. The number of hydrogen-bond donors (Lipinski definition) is 1. The molecule has 1 aromatic carbocycles. The molecule has 0 spiro atoms. The zero-order valence-corrected chi connectivity index (χ0v) is 12.4. The zero-order chi connectivity index (χ0) is 14.9. The first-order valence-electron chi connectivity index (χ1n) is 7.08. The molecule has 1 aromatic heterocycles. The van der Waals surface area contributed by atoms with Gasteiger partial charge in [0, 0.05) is 0 Å². The zero-order valence-electron chi connectivity index (χ0n) is 12.4. The lowest BCUT2D eigenvalue weighted by atomic mass is 10.1. The van der Waals surface area contributed by atoms with E-state index < -0.39 is 0 Å². The van der Waals surface area contributed by atoms with E-state index in [1.165, 1.54) is 0 Å². The van der Waals surface area contributed by atoms with Crippen molar-refractivity contribution in [3.8, 4) is 11.5 Å². The van der Waals surface area contributed by atoms with Gasteiger partial charge in [-0.25, -0.2) is 0 Å². The highest BCUT2D eigenvalue weighted by Crippen LogP contribution is 2.35. The van der Waals surface area contributed by atoms with Crippen molar-refractivity contribution in [1.82, 2.24) is 15.5 Å². The largest absolute Gasteiger partial charge is 0.485 e. The number of rotatable bonds is 4. The fourth-order valence-corrected chi connectivity index (χ4v) is 2.28. The second-order valence-corrected chi connectivity index (χ2v) is 5.48. The molecule has 0 saturated carbocycles. The van der Waals surface area contributed by atoms with Crippen LogP contribution in [0.3, 0.4) is 0 Å². The summed E-state index contributed by atoms with van der Waals surface area (Å²) in [7, 11) is 0. The van der Waals surface area contributed by atoms with Gasteiger partial charge in [0.05, 0.1) is 5.54 Å². The van der Waals surface area contributed by atoms with Gasteiger partial charge in [-0.1, -0.05) is 24.2 Å². The van der Waals surface area contributed by atoms with Crippen molar-refractivity contribution < 1.29 is 14.0 Å². The Morgan fingerprint density at radius 2 is 2.05 bits per heavy atom. The van der Waals surface area contributed by atoms with E-state index in [4.69, 9.17) is 14.0 Å². The Morgan fingerprint density at radius 1 is 1.29 bits per heavy atom. The lowest BCUT2D eigenvalue weighted by Crippen LogP contribution is -2.36. The molecule has 2 heterocycles. The second-order valence-electron chi connectivity index (χ2n) is 5.48. The fraction of sp³-hybridized carbons (Fsp3) is 0.467. The summed E-state index contributed by atoms with van der Waals surface area (Å²) in [6, 6.07) is 7.56. The Kier molecular flexibility index (Phi) is 3.55. The molecule has 1 aliphatic rings. The van der Waals surface area contributed by atoms with Crippen LogP contribution in [0.15, 0.2) is 28.8 Å². The number of benzene rings is 1. The van der Waals surface area contributed by atoms with Crippen molar-refractivity contribution in [1.29, 1.82) is 0 Å². The first-order valence-corrected chi connectivity index (χ1v) is 7.08. The minimum atomic E-state index is -0.368. The first-order chi connectivity index (χ1) is 10.1. The molecule has 0 fully saturated rings. The third-order valence-electron chi connectivity index (χ3n) is 3.39. The van der Waals surface area contributed by atoms with E-state index in [1.54, 1.807) is 0 Å². The Labute approximate surface area is 123 Å². The van der Waals surface area contributed by atoms with Gasteiger partial charge in [0.2, 0.25) is 11.7 Å². The van der Waals surface area contributed by atoms with Gasteiger partial charge in [0.1, 0.15) is 6.61 Å². The molecule has 3 rings (SSSR count). The number of nitrogens with one attached hydrogen (secondary N) is 1. The van der Waals surface area contributed by atoms with Gasteiger partial charge in [0.15, 0.2) is 17.6 Å². The maximum atomic E-state index is 5.87. The molecule has 112 valence electrons. The maximum absolute atomic E-state index is 5.87. The van der Waals surface area contributed by atoms with Crippen LogP contribution >= 0.6 is 0 Å². The molecule has 0 saturated heterocycles. The molecule has 1 unspecified atom stereocenters. The third kappa shape index (κ3) is 2.71. The number of aromatic nitrogens is 2. The molecule has 6 heteroatoms.